The molecule has 0 unspecified atom stereocenters. The van der Waals surface area contributed by atoms with Crippen LogP contribution in [0.3, 0.4) is 0 Å². The lowest BCUT2D eigenvalue weighted by Gasteiger charge is -2.22. The van der Waals surface area contributed by atoms with Crippen LogP contribution in [0.5, 0.6) is 0 Å². The lowest BCUT2D eigenvalue weighted by molar-refractivity contribution is 0.0276. The van der Waals surface area contributed by atoms with Crippen molar-refractivity contribution < 1.29 is 13.2 Å². The number of nitrogens with zero attached hydrogens (tertiary/aromatic N) is 2. The zero-order valence-electron chi connectivity index (χ0n) is 12.5. The number of sulfonamides is 1. The summed E-state index contributed by atoms with van der Waals surface area (Å²) in [5.41, 5.74) is -0.546. The van der Waals surface area contributed by atoms with Gasteiger partial charge in [-0.1, -0.05) is 0 Å². The normalized spacial score (nSPS) is 12.8. The van der Waals surface area contributed by atoms with Gasteiger partial charge in [-0.3, -0.25) is 4.68 Å². The first-order valence-electron chi connectivity index (χ1n) is 6.52. The molecule has 0 saturated carbocycles. The Kier molecular flexibility index (Phi) is 6.12. The summed E-state index contributed by atoms with van der Waals surface area (Å²) in [6, 6.07) is 0. The fourth-order valence-electron chi connectivity index (χ4n) is 1.45. The van der Waals surface area contributed by atoms with E-state index in [-0.39, 0.29) is 11.4 Å². The van der Waals surface area contributed by atoms with Crippen LogP contribution in [-0.4, -0.2) is 51.0 Å². The van der Waals surface area contributed by atoms with Gasteiger partial charge in [-0.25, -0.2) is 13.1 Å². The molecule has 0 aliphatic heterocycles. The molecule has 7 nitrogen and oxygen atoms in total. The van der Waals surface area contributed by atoms with Crippen LogP contribution < -0.4 is 10.0 Å². The molecule has 0 spiro atoms. The zero-order valence-corrected chi connectivity index (χ0v) is 13.3. The van der Waals surface area contributed by atoms with Crippen molar-refractivity contribution in [3.05, 3.63) is 12.4 Å². The van der Waals surface area contributed by atoms with Gasteiger partial charge >= 0.3 is 0 Å². The SMILES string of the molecule is CNCCCn1cc(S(=O)(=O)NCC(C)(C)OC)cn1. The summed E-state index contributed by atoms with van der Waals surface area (Å²) in [5, 5.41) is 7.09. The first kappa shape index (κ1) is 17.1. The molecule has 1 heterocycles. The van der Waals surface area contributed by atoms with Gasteiger partial charge in [0, 0.05) is 26.4 Å². The molecule has 116 valence electrons. The molecule has 1 aromatic rings. The van der Waals surface area contributed by atoms with Gasteiger partial charge in [-0.15, -0.1) is 0 Å². The second-order valence-electron chi connectivity index (χ2n) is 5.18. The second kappa shape index (κ2) is 7.16. The monoisotopic (exact) mass is 304 g/mol. The maximum Gasteiger partial charge on any atom is 0.243 e. The molecule has 20 heavy (non-hydrogen) atoms. The van der Waals surface area contributed by atoms with Gasteiger partial charge in [0.1, 0.15) is 4.90 Å². The number of rotatable bonds is 9. The topological polar surface area (TPSA) is 85.2 Å². The minimum Gasteiger partial charge on any atom is -0.377 e. The van der Waals surface area contributed by atoms with Crippen molar-refractivity contribution in [3.8, 4) is 0 Å². The smallest absolute Gasteiger partial charge is 0.243 e. The Balaban J connectivity index is 2.64. The van der Waals surface area contributed by atoms with E-state index in [0.29, 0.717) is 6.54 Å². The van der Waals surface area contributed by atoms with Gasteiger partial charge in [-0.05, 0) is 33.9 Å². The Hall–Kier alpha value is -0.960. The standard InChI is InChI=1S/C12H24N4O3S/c1-12(2,19-4)10-15-20(17,18)11-8-14-16(9-11)7-5-6-13-3/h8-9,13,15H,5-7,10H2,1-4H3. The van der Waals surface area contributed by atoms with Crippen LogP contribution in [0.4, 0.5) is 0 Å². The van der Waals surface area contributed by atoms with E-state index in [2.05, 4.69) is 15.1 Å². The molecule has 0 saturated heterocycles. The van der Waals surface area contributed by atoms with E-state index in [0.717, 1.165) is 13.0 Å². The maximum absolute atomic E-state index is 12.1. The lowest BCUT2D eigenvalue weighted by Crippen LogP contribution is -2.39. The average Bonchev–Trinajstić information content (AvgIpc) is 2.87. The van der Waals surface area contributed by atoms with Crippen molar-refractivity contribution in [1.29, 1.82) is 0 Å². The maximum atomic E-state index is 12.1. The van der Waals surface area contributed by atoms with Gasteiger partial charge in [-0.2, -0.15) is 5.10 Å². The van der Waals surface area contributed by atoms with E-state index in [9.17, 15) is 8.42 Å². The summed E-state index contributed by atoms with van der Waals surface area (Å²) in [7, 11) is -0.117. The van der Waals surface area contributed by atoms with Crippen LogP contribution in [0.25, 0.3) is 0 Å². The van der Waals surface area contributed by atoms with E-state index in [1.807, 2.05) is 20.9 Å². The van der Waals surface area contributed by atoms with Crippen LogP contribution in [0.1, 0.15) is 20.3 Å². The van der Waals surface area contributed by atoms with Crippen LogP contribution in [0.15, 0.2) is 17.3 Å². The Morgan fingerprint density at radius 2 is 2.15 bits per heavy atom. The van der Waals surface area contributed by atoms with E-state index in [4.69, 9.17) is 4.74 Å². The molecule has 0 radical (unpaired) electrons. The highest BCUT2D eigenvalue weighted by atomic mass is 32.2. The highest BCUT2D eigenvalue weighted by Gasteiger charge is 2.22. The van der Waals surface area contributed by atoms with Gasteiger partial charge < -0.3 is 10.1 Å². The largest absolute Gasteiger partial charge is 0.377 e. The lowest BCUT2D eigenvalue weighted by atomic mass is 10.1. The summed E-state index contributed by atoms with van der Waals surface area (Å²) in [5.74, 6) is 0. The van der Waals surface area contributed by atoms with Gasteiger partial charge in [0.25, 0.3) is 0 Å². The number of aryl methyl sites for hydroxylation is 1. The molecule has 0 atom stereocenters. The summed E-state index contributed by atoms with van der Waals surface area (Å²) in [6.07, 6.45) is 3.79. The van der Waals surface area contributed by atoms with Gasteiger partial charge in [0.15, 0.2) is 0 Å². The molecule has 0 fully saturated rings. The summed E-state index contributed by atoms with van der Waals surface area (Å²) < 4.78 is 33.6. The van der Waals surface area contributed by atoms with E-state index < -0.39 is 15.6 Å². The van der Waals surface area contributed by atoms with Crippen LogP contribution in [-0.2, 0) is 21.3 Å². The number of hydrogen-bond donors (Lipinski definition) is 2. The molecule has 1 rings (SSSR count). The van der Waals surface area contributed by atoms with Crippen LogP contribution in [0.2, 0.25) is 0 Å². The van der Waals surface area contributed by atoms with Crippen LogP contribution >= 0.6 is 0 Å². The van der Waals surface area contributed by atoms with Crippen molar-refractivity contribution in [3.63, 3.8) is 0 Å². The minimum absolute atomic E-state index is 0.175. The fourth-order valence-corrected chi connectivity index (χ4v) is 2.60. The molecular weight excluding hydrogens is 280 g/mol. The number of aromatic nitrogens is 2. The molecule has 0 aliphatic carbocycles. The molecule has 0 bridgehead atoms. The first-order chi connectivity index (χ1) is 9.30. The number of methoxy groups -OCH3 is 1. The number of hydrogen-bond acceptors (Lipinski definition) is 5. The van der Waals surface area contributed by atoms with E-state index in [1.54, 1.807) is 11.8 Å². The number of nitrogens with one attached hydrogen (secondary N) is 2. The molecule has 0 aromatic carbocycles. The third kappa shape index (κ3) is 5.20. The quantitative estimate of drug-likeness (QED) is 0.636. The van der Waals surface area contributed by atoms with E-state index >= 15 is 0 Å². The second-order valence-corrected chi connectivity index (χ2v) is 6.95. The Morgan fingerprint density at radius 3 is 2.75 bits per heavy atom. The molecule has 1 aromatic heterocycles. The Labute approximate surface area is 120 Å². The third-order valence-electron chi connectivity index (χ3n) is 2.97. The molecule has 0 aliphatic rings. The third-order valence-corrected chi connectivity index (χ3v) is 4.33. The predicted molar refractivity (Wildman–Crippen MR) is 77.0 cm³/mol. The Bertz CT molecular complexity index is 511. The summed E-state index contributed by atoms with van der Waals surface area (Å²) in [6.45, 7) is 5.38. The Morgan fingerprint density at radius 1 is 1.45 bits per heavy atom. The summed E-state index contributed by atoms with van der Waals surface area (Å²) >= 11 is 0. The average molecular weight is 304 g/mol. The fraction of sp³-hybridized carbons (Fsp3) is 0.750. The van der Waals surface area contributed by atoms with Crippen molar-refractivity contribution >= 4 is 10.0 Å². The predicted octanol–water partition coefficient (Wildman–Crippen LogP) is 0.196. The van der Waals surface area contributed by atoms with E-state index in [1.165, 1.54) is 12.4 Å². The molecule has 2 N–H and O–H groups in total. The van der Waals surface area contributed by atoms with Crippen molar-refractivity contribution in [2.24, 2.45) is 0 Å². The first-order valence-corrected chi connectivity index (χ1v) is 8.01. The highest BCUT2D eigenvalue weighted by Crippen LogP contribution is 2.10. The highest BCUT2D eigenvalue weighted by molar-refractivity contribution is 7.89. The molecule has 0 amide bonds. The minimum atomic E-state index is -3.54. The van der Waals surface area contributed by atoms with Crippen molar-refractivity contribution in [2.45, 2.75) is 37.3 Å². The van der Waals surface area contributed by atoms with Crippen molar-refractivity contribution in [1.82, 2.24) is 19.8 Å². The summed E-state index contributed by atoms with van der Waals surface area (Å²) in [4.78, 5) is 0.175. The van der Waals surface area contributed by atoms with Gasteiger partial charge in [0.05, 0.1) is 11.8 Å². The molecule has 8 heteroatoms. The van der Waals surface area contributed by atoms with Crippen LogP contribution in [0, 0.1) is 0 Å². The molecular formula is C12H24N4O3S. The number of ether oxygens (including phenoxy) is 1. The van der Waals surface area contributed by atoms with Crippen molar-refractivity contribution in [2.75, 3.05) is 27.2 Å². The zero-order chi connectivity index (χ0) is 15.2. The van der Waals surface area contributed by atoms with Gasteiger partial charge in [0.2, 0.25) is 10.0 Å².